The summed E-state index contributed by atoms with van der Waals surface area (Å²) in [7, 11) is -4.67. The van der Waals surface area contributed by atoms with Crippen molar-refractivity contribution in [1.29, 1.82) is 0 Å². The minimum Gasteiger partial charge on any atom is -0.478 e. The minimum absolute atomic E-state index is 0.540. The Kier molecular flexibility index (Phi) is 10.2. The molecule has 0 radical (unpaired) electrons. The van der Waals surface area contributed by atoms with E-state index < -0.39 is 16.4 Å². The molecule has 0 bridgehead atoms. The monoisotopic (exact) mass is 254 g/mol. The van der Waals surface area contributed by atoms with Crippen molar-refractivity contribution >= 4 is 16.4 Å². The molecule has 0 aromatic heterocycles. The highest BCUT2D eigenvalue weighted by Gasteiger charge is 2.03. The van der Waals surface area contributed by atoms with Gasteiger partial charge in [0.25, 0.3) is 0 Å². The Balaban J connectivity index is 0. The summed E-state index contributed by atoms with van der Waals surface area (Å²) >= 11 is 0. The maximum atomic E-state index is 10.5. The number of carbonyl (C=O) groups is 1. The SMILES string of the molecule is CC=C(CCCCC)C(=O)O.O=S(=O)(O)O. The van der Waals surface area contributed by atoms with Gasteiger partial charge in [-0.1, -0.05) is 25.8 Å². The lowest BCUT2D eigenvalue weighted by Gasteiger charge is -1.99. The van der Waals surface area contributed by atoms with Gasteiger partial charge in [0, 0.05) is 5.57 Å². The Labute approximate surface area is 95.6 Å². The fourth-order valence-electron chi connectivity index (χ4n) is 0.940. The van der Waals surface area contributed by atoms with Crippen molar-refractivity contribution in [3.63, 3.8) is 0 Å². The molecule has 0 saturated carbocycles. The summed E-state index contributed by atoms with van der Waals surface area (Å²) in [5, 5.41) is 8.60. The third-order valence-corrected chi connectivity index (χ3v) is 1.67. The van der Waals surface area contributed by atoms with Crippen molar-refractivity contribution in [3.8, 4) is 0 Å². The summed E-state index contributed by atoms with van der Waals surface area (Å²) < 4.78 is 31.6. The Hall–Kier alpha value is -0.920. The molecule has 0 saturated heterocycles. The van der Waals surface area contributed by atoms with Gasteiger partial charge in [-0.2, -0.15) is 8.42 Å². The highest BCUT2D eigenvalue weighted by Crippen LogP contribution is 2.08. The molecule has 0 aromatic carbocycles. The van der Waals surface area contributed by atoms with Crippen molar-refractivity contribution in [3.05, 3.63) is 11.6 Å². The zero-order chi connectivity index (χ0) is 13.2. The van der Waals surface area contributed by atoms with Crippen molar-refractivity contribution in [2.24, 2.45) is 0 Å². The third-order valence-electron chi connectivity index (χ3n) is 1.67. The van der Waals surface area contributed by atoms with Crippen LogP contribution in [0.2, 0.25) is 0 Å². The van der Waals surface area contributed by atoms with Crippen LogP contribution >= 0.6 is 0 Å². The van der Waals surface area contributed by atoms with Gasteiger partial charge in [-0.3, -0.25) is 9.11 Å². The maximum Gasteiger partial charge on any atom is 0.394 e. The number of hydrogen-bond acceptors (Lipinski definition) is 3. The van der Waals surface area contributed by atoms with Gasteiger partial charge in [-0.05, 0) is 19.8 Å². The average molecular weight is 254 g/mol. The molecule has 0 aliphatic rings. The molecule has 0 amide bonds. The smallest absolute Gasteiger partial charge is 0.394 e. The quantitative estimate of drug-likeness (QED) is 0.392. The van der Waals surface area contributed by atoms with Crippen molar-refractivity contribution in [1.82, 2.24) is 0 Å². The van der Waals surface area contributed by atoms with Crippen LogP contribution in [0.1, 0.15) is 39.5 Å². The molecule has 16 heavy (non-hydrogen) atoms. The van der Waals surface area contributed by atoms with E-state index in [4.69, 9.17) is 22.6 Å². The summed E-state index contributed by atoms with van der Waals surface area (Å²) in [4.78, 5) is 10.5. The normalized spacial score (nSPS) is 11.6. The molecule has 0 rings (SSSR count). The van der Waals surface area contributed by atoms with Gasteiger partial charge in [-0.25, -0.2) is 4.79 Å². The molecule has 6 nitrogen and oxygen atoms in total. The molecule has 0 atom stereocenters. The fraction of sp³-hybridized carbons (Fsp3) is 0.667. The van der Waals surface area contributed by atoms with Crippen LogP contribution in [0.15, 0.2) is 11.6 Å². The molecular weight excluding hydrogens is 236 g/mol. The van der Waals surface area contributed by atoms with Gasteiger partial charge in [0.05, 0.1) is 0 Å². The Morgan fingerprint density at radius 1 is 1.25 bits per heavy atom. The van der Waals surface area contributed by atoms with Gasteiger partial charge in [0.1, 0.15) is 0 Å². The van der Waals surface area contributed by atoms with E-state index in [1.54, 1.807) is 13.0 Å². The zero-order valence-corrected chi connectivity index (χ0v) is 10.2. The van der Waals surface area contributed by atoms with Crippen molar-refractivity contribution < 1.29 is 27.4 Å². The summed E-state index contributed by atoms with van der Waals surface area (Å²) in [6, 6.07) is 0. The fourth-order valence-corrected chi connectivity index (χ4v) is 0.940. The predicted octanol–water partition coefficient (Wildman–Crippen LogP) is 1.94. The number of aliphatic carboxylic acids is 1. The van der Waals surface area contributed by atoms with Gasteiger partial charge in [0.15, 0.2) is 0 Å². The van der Waals surface area contributed by atoms with E-state index in [-0.39, 0.29) is 0 Å². The number of hydrogen-bond donors (Lipinski definition) is 3. The van der Waals surface area contributed by atoms with Gasteiger partial charge < -0.3 is 5.11 Å². The number of carboxylic acids is 1. The Morgan fingerprint density at radius 2 is 1.69 bits per heavy atom. The molecule has 0 spiro atoms. The lowest BCUT2D eigenvalue weighted by molar-refractivity contribution is -0.132. The van der Waals surface area contributed by atoms with Gasteiger partial charge >= 0.3 is 16.4 Å². The van der Waals surface area contributed by atoms with Crippen LogP contribution in [-0.2, 0) is 15.2 Å². The van der Waals surface area contributed by atoms with Gasteiger partial charge in [0.2, 0.25) is 0 Å². The van der Waals surface area contributed by atoms with Crippen LogP contribution in [0.3, 0.4) is 0 Å². The van der Waals surface area contributed by atoms with E-state index >= 15 is 0 Å². The first-order valence-electron chi connectivity index (χ1n) is 4.80. The maximum absolute atomic E-state index is 10.5. The first kappa shape index (κ1) is 17.5. The lowest BCUT2D eigenvalue weighted by atomic mass is 10.1. The van der Waals surface area contributed by atoms with Gasteiger partial charge in [-0.15, -0.1) is 0 Å². The van der Waals surface area contributed by atoms with Crippen molar-refractivity contribution in [2.45, 2.75) is 39.5 Å². The predicted molar refractivity (Wildman–Crippen MR) is 59.7 cm³/mol. The van der Waals surface area contributed by atoms with Crippen LogP contribution < -0.4 is 0 Å². The van der Waals surface area contributed by atoms with E-state index in [9.17, 15) is 4.79 Å². The molecule has 7 heteroatoms. The highest BCUT2D eigenvalue weighted by molar-refractivity contribution is 7.79. The Morgan fingerprint density at radius 3 is 1.94 bits per heavy atom. The average Bonchev–Trinajstić information content (AvgIpc) is 2.09. The largest absolute Gasteiger partial charge is 0.478 e. The zero-order valence-electron chi connectivity index (χ0n) is 9.38. The van der Waals surface area contributed by atoms with E-state index in [1.807, 2.05) is 0 Å². The molecule has 0 aromatic rings. The molecular formula is C9H18O6S. The second kappa shape index (κ2) is 9.32. The van der Waals surface area contributed by atoms with Crippen molar-refractivity contribution in [2.75, 3.05) is 0 Å². The van der Waals surface area contributed by atoms with E-state index in [0.717, 1.165) is 19.3 Å². The summed E-state index contributed by atoms with van der Waals surface area (Å²) in [5.41, 5.74) is 0.540. The van der Waals surface area contributed by atoms with E-state index in [0.29, 0.717) is 12.0 Å². The second-order valence-electron chi connectivity index (χ2n) is 3.02. The minimum atomic E-state index is -4.67. The van der Waals surface area contributed by atoms with E-state index in [1.165, 1.54) is 0 Å². The molecule has 0 unspecified atom stereocenters. The topological polar surface area (TPSA) is 112 Å². The van der Waals surface area contributed by atoms with Crippen LogP contribution in [0.4, 0.5) is 0 Å². The molecule has 0 heterocycles. The summed E-state index contributed by atoms with van der Waals surface area (Å²) in [6.07, 6.45) is 5.63. The second-order valence-corrected chi connectivity index (χ2v) is 3.92. The van der Waals surface area contributed by atoms with E-state index in [2.05, 4.69) is 6.92 Å². The number of unbranched alkanes of at least 4 members (excludes halogenated alkanes) is 2. The van der Waals surface area contributed by atoms with Crippen LogP contribution in [-0.4, -0.2) is 28.6 Å². The molecule has 0 fully saturated rings. The lowest BCUT2D eigenvalue weighted by Crippen LogP contribution is -1.99. The Bertz CT molecular complexity index is 309. The molecule has 3 N–H and O–H groups in total. The molecule has 0 aliphatic carbocycles. The number of rotatable bonds is 5. The first-order chi connectivity index (χ1) is 7.22. The summed E-state index contributed by atoms with van der Waals surface area (Å²) in [6.45, 7) is 3.88. The van der Waals surface area contributed by atoms with Crippen LogP contribution in [0.25, 0.3) is 0 Å². The third kappa shape index (κ3) is 18.8. The number of carboxylic acid groups (broad SMARTS) is 1. The van der Waals surface area contributed by atoms with Crippen LogP contribution in [0.5, 0.6) is 0 Å². The first-order valence-corrected chi connectivity index (χ1v) is 6.20. The molecule has 0 aliphatic heterocycles. The molecule has 96 valence electrons. The number of allylic oxidation sites excluding steroid dienone is 1. The standard InChI is InChI=1S/C9H16O2.H2O4S/c1-3-5-6-7-8(4-2)9(10)11;1-5(2,3)4/h4H,3,5-7H2,1-2H3,(H,10,11);(H2,1,2,3,4). The highest BCUT2D eigenvalue weighted by atomic mass is 32.3. The van der Waals surface area contributed by atoms with Crippen LogP contribution in [0, 0.1) is 0 Å². The summed E-state index contributed by atoms with van der Waals surface area (Å²) in [5.74, 6) is -0.774.